The fourth-order valence-corrected chi connectivity index (χ4v) is 2.71. The van der Waals surface area contributed by atoms with E-state index in [2.05, 4.69) is 10.0 Å². The predicted octanol–water partition coefficient (Wildman–Crippen LogP) is -0.0526. The van der Waals surface area contributed by atoms with Crippen LogP contribution in [-0.4, -0.2) is 52.5 Å². The van der Waals surface area contributed by atoms with Gasteiger partial charge >= 0.3 is 17.6 Å². The zero-order valence-corrected chi connectivity index (χ0v) is 14.3. The second kappa shape index (κ2) is 8.01. The second-order valence-electron chi connectivity index (χ2n) is 5.73. The fraction of sp³-hybridized carbons (Fsp3) is 0.571. The van der Waals surface area contributed by atoms with Gasteiger partial charge in [0.05, 0.1) is 0 Å². The van der Waals surface area contributed by atoms with Crippen LogP contribution in [0.1, 0.15) is 20.1 Å². The van der Waals surface area contributed by atoms with Crippen molar-refractivity contribution in [3.63, 3.8) is 0 Å². The highest BCUT2D eigenvalue weighted by Crippen LogP contribution is 2.41. The molecule has 1 N–H and O–H groups in total. The van der Waals surface area contributed by atoms with Gasteiger partial charge < -0.3 is 14.2 Å². The number of rotatable bonds is 6. The van der Waals surface area contributed by atoms with E-state index in [1.54, 1.807) is 0 Å². The molecule has 1 aromatic rings. The number of nitrogens with one attached hydrogen (secondary N) is 1. The Labute approximate surface area is 150 Å². The Morgan fingerprint density at radius 1 is 1.44 bits per heavy atom. The minimum Gasteiger partial charge on any atom is -0.463 e. The van der Waals surface area contributed by atoms with Crippen molar-refractivity contribution < 1.29 is 28.2 Å². The summed E-state index contributed by atoms with van der Waals surface area (Å²) in [5.74, 6) is -1.59. The number of esters is 2. The number of ether oxygens (including phenoxy) is 3. The number of alkyl halides is 1. The van der Waals surface area contributed by atoms with Crippen molar-refractivity contribution in [1.82, 2.24) is 9.55 Å². The predicted molar refractivity (Wildman–Crippen MR) is 85.3 cm³/mol. The van der Waals surface area contributed by atoms with Gasteiger partial charge in [-0.15, -0.1) is 0 Å². The smallest absolute Gasteiger partial charge is 0.330 e. The molecular weight excluding hydrogens is 369 g/mol. The number of H-pyrrole nitrogens is 1. The molecule has 4 atom stereocenters. The van der Waals surface area contributed by atoms with E-state index in [0.29, 0.717) is 0 Å². The summed E-state index contributed by atoms with van der Waals surface area (Å²) in [6, 6.07) is -0.380. The van der Waals surface area contributed by atoms with Gasteiger partial charge in [-0.2, -0.15) is 0 Å². The van der Waals surface area contributed by atoms with E-state index < -0.39 is 60.4 Å². The summed E-state index contributed by atoms with van der Waals surface area (Å²) in [5, 5.41) is 3.47. The molecule has 0 aromatic carbocycles. The molecule has 146 valence electrons. The molecule has 0 amide bonds. The standard InChI is InChI=1S/C14H16FN5O7/c1-7(21)25-6-14(5-15)11(26-8(2)22)10(18-19-16)12(27-14)20-4-3-9(23)17-13(20)24/h3-4,10-12H,5-6H2,1-2H3,(H,17,23,24)/t10-,11-,12+,14+/m0/s1. The highest BCUT2D eigenvalue weighted by atomic mass is 19.1. The van der Waals surface area contributed by atoms with Crippen LogP contribution in [0, 0.1) is 0 Å². The Balaban J connectivity index is 2.58. The highest BCUT2D eigenvalue weighted by molar-refractivity contribution is 5.67. The Kier molecular flexibility index (Phi) is 5.98. The third kappa shape index (κ3) is 4.15. The summed E-state index contributed by atoms with van der Waals surface area (Å²) in [7, 11) is 0. The summed E-state index contributed by atoms with van der Waals surface area (Å²) in [4.78, 5) is 50.6. The zero-order chi connectivity index (χ0) is 20.2. The number of nitrogens with zero attached hydrogens (tertiary/aromatic N) is 4. The first-order valence-corrected chi connectivity index (χ1v) is 7.64. The number of carbonyl (C=O) groups excluding carboxylic acids is 2. The summed E-state index contributed by atoms with van der Waals surface area (Å²) in [5.41, 5.74) is 5.22. The average molecular weight is 385 g/mol. The van der Waals surface area contributed by atoms with Crippen molar-refractivity contribution in [2.75, 3.05) is 13.3 Å². The lowest BCUT2D eigenvalue weighted by Crippen LogP contribution is -2.51. The van der Waals surface area contributed by atoms with Crippen molar-refractivity contribution >= 4 is 11.9 Å². The quantitative estimate of drug-likeness (QED) is 0.310. The topological polar surface area (TPSA) is 165 Å². The molecule has 13 heteroatoms. The molecule has 1 fully saturated rings. The van der Waals surface area contributed by atoms with Crippen molar-refractivity contribution in [1.29, 1.82) is 0 Å². The molecule has 1 aliphatic rings. The molecule has 1 aromatic heterocycles. The zero-order valence-electron chi connectivity index (χ0n) is 14.3. The molecule has 1 aliphatic heterocycles. The van der Waals surface area contributed by atoms with Gasteiger partial charge in [0.2, 0.25) is 0 Å². The Morgan fingerprint density at radius 3 is 2.67 bits per heavy atom. The van der Waals surface area contributed by atoms with Gasteiger partial charge in [-0.1, -0.05) is 5.11 Å². The van der Waals surface area contributed by atoms with Gasteiger partial charge in [-0.05, 0) is 5.53 Å². The molecule has 27 heavy (non-hydrogen) atoms. The minimum atomic E-state index is -2.02. The minimum absolute atomic E-state index is 0.664. The first-order valence-electron chi connectivity index (χ1n) is 7.64. The maximum Gasteiger partial charge on any atom is 0.330 e. The largest absolute Gasteiger partial charge is 0.463 e. The average Bonchev–Trinajstić information content (AvgIpc) is 2.87. The molecule has 12 nitrogen and oxygen atoms in total. The van der Waals surface area contributed by atoms with Gasteiger partial charge in [-0.3, -0.25) is 23.9 Å². The number of halogens is 1. The number of carbonyl (C=O) groups is 2. The lowest BCUT2D eigenvalue weighted by molar-refractivity contribution is -0.179. The maximum absolute atomic E-state index is 14.0. The van der Waals surface area contributed by atoms with Crippen LogP contribution in [0.25, 0.3) is 10.4 Å². The molecule has 0 radical (unpaired) electrons. The molecule has 0 aliphatic carbocycles. The normalized spacial score (nSPS) is 26.9. The first kappa shape index (κ1) is 20.1. The van der Waals surface area contributed by atoms with Crippen LogP contribution in [-0.2, 0) is 23.8 Å². The molecule has 0 spiro atoms. The number of hydrogen-bond acceptors (Lipinski definition) is 8. The second-order valence-corrected chi connectivity index (χ2v) is 5.73. The molecule has 0 saturated carbocycles. The van der Waals surface area contributed by atoms with E-state index in [1.807, 2.05) is 4.98 Å². The molecule has 1 saturated heterocycles. The van der Waals surface area contributed by atoms with Gasteiger partial charge in [0.15, 0.2) is 11.8 Å². The molecule has 0 bridgehead atoms. The van der Waals surface area contributed by atoms with Crippen LogP contribution in [0.3, 0.4) is 0 Å². The van der Waals surface area contributed by atoms with Crippen LogP contribution < -0.4 is 11.2 Å². The van der Waals surface area contributed by atoms with Gasteiger partial charge in [0, 0.05) is 31.0 Å². The van der Waals surface area contributed by atoms with Crippen LogP contribution >= 0.6 is 0 Å². The number of aromatic amines is 1. The van der Waals surface area contributed by atoms with E-state index in [4.69, 9.17) is 19.7 Å². The molecule has 0 unspecified atom stereocenters. The molecular formula is C14H16FN5O7. The van der Waals surface area contributed by atoms with E-state index in [9.17, 15) is 23.6 Å². The van der Waals surface area contributed by atoms with Crippen molar-refractivity contribution in [3.05, 3.63) is 43.5 Å². The Hall–Kier alpha value is -3.18. The van der Waals surface area contributed by atoms with Crippen LogP contribution in [0.4, 0.5) is 4.39 Å². The van der Waals surface area contributed by atoms with Crippen LogP contribution in [0.2, 0.25) is 0 Å². The van der Waals surface area contributed by atoms with E-state index >= 15 is 0 Å². The highest BCUT2D eigenvalue weighted by Gasteiger charge is 2.59. The van der Waals surface area contributed by atoms with E-state index in [0.717, 1.165) is 30.7 Å². The van der Waals surface area contributed by atoms with Crippen molar-refractivity contribution in [2.45, 2.75) is 37.8 Å². The third-order valence-corrected chi connectivity index (χ3v) is 3.83. The number of azide groups is 1. The van der Waals surface area contributed by atoms with E-state index in [1.165, 1.54) is 0 Å². The fourth-order valence-electron chi connectivity index (χ4n) is 2.71. The number of hydrogen-bond donors (Lipinski definition) is 1. The van der Waals surface area contributed by atoms with Crippen LogP contribution in [0.5, 0.6) is 0 Å². The summed E-state index contributed by atoms with van der Waals surface area (Å²) in [6.07, 6.45) is -1.88. The first-order chi connectivity index (χ1) is 12.7. The Bertz CT molecular complexity index is 892. The lowest BCUT2D eigenvalue weighted by atomic mass is 9.96. The molecule has 2 rings (SSSR count). The molecule has 2 heterocycles. The monoisotopic (exact) mass is 385 g/mol. The Morgan fingerprint density at radius 2 is 2.15 bits per heavy atom. The summed E-state index contributed by atoms with van der Waals surface area (Å²) < 4.78 is 30.3. The number of aromatic nitrogens is 2. The summed E-state index contributed by atoms with van der Waals surface area (Å²) in [6.45, 7) is 0.172. The summed E-state index contributed by atoms with van der Waals surface area (Å²) >= 11 is 0. The maximum atomic E-state index is 14.0. The SMILES string of the molecule is CC(=O)OC[C@@]1(CF)O[C@@H](n2ccc(=O)[nH]c2=O)[C@@H](N=[N+]=[N-])[C@@H]1OC(C)=O. The van der Waals surface area contributed by atoms with Gasteiger partial charge in [0.1, 0.15) is 25.4 Å². The van der Waals surface area contributed by atoms with Crippen molar-refractivity contribution in [3.8, 4) is 0 Å². The van der Waals surface area contributed by atoms with Gasteiger partial charge in [-0.25, -0.2) is 9.18 Å². The van der Waals surface area contributed by atoms with Crippen LogP contribution in [0.15, 0.2) is 27.0 Å². The lowest BCUT2D eigenvalue weighted by Gasteiger charge is -2.30. The van der Waals surface area contributed by atoms with Crippen molar-refractivity contribution in [2.24, 2.45) is 5.11 Å². The third-order valence-electron chi connectivity index (χ3n) is 3.83. The van der Waals surface area contributed by atoms with Gasteiger partial charge in [0.25, 0.3) is 5.56 Å². The van der Waals surface area contributed by atoms with E-state index in [-0.39, 0.29) is 0 Å².